The van der Waals surface area contributed by atoms with E-state index in [0.717, 1.165) is 0 Å². The Morgan fingerprint density at radius 2 is 1.44 bits per heavy atom. The quantitative estimate of drug-likeness (QED) is 0.0911. The molecule has 0 heterocycles. The fourth-order valence-corrected chi connectivity index (χ4v) is 3.72. The minimum atomic E-state index is -0.839. The smallest absolute Gasteiger partial charge is 0.414 e. The van der Waals surface area contributed by atoms with Gasteiger partial charge in [-0.3, -0.25) is 25.2 Å². The van der Waals surface area contributed by atoms with E-state index in [1.54, 1.807) is 54.7 Å². The molecular formula is C27H48N4O9S. The molecule has 3 N–H and O–H groups in total. The first-order chi connectivity index (χ1) is 18.9. The average Bonchev–Trinajstić information content (AvgIpc) is 2.82. The Balaban J connectivity index is 5.44. The molecule has 14 heteroatoms. The van der Waals surface area contributed by atoms with E-state index in [1.807, 2.05) is 6.92 Å². The summed E-state index contributed by atoms with van der Waals surface area (Å²) in [5, 5.41) is 7.36. The molecule has 0 aliphatic rings. The molecule has 41 heavy (non-hydrogen) atoms. The number of methoxy groups -OCH3 is 1. The summed E-state index contributed by atoms with van der Waals surface area (Å²) in [6.07, 6.45) is 0.131. The SMILES string of the molecule is CCC(C)OC(=O)N[C@@H](CSC)C(=O)CC(CCCN=C(NC(=O)OC(C)(C)C)NC(=O)OC(C)(C)C)C(=O)OC. The van der Waals surface area contributed by atoms with E-state index in [9.17, 15) is 24.0 Å². The molecule has 13 nitrogen and oxygen atoms in total. The van der Waals surface area contributed by atoms with Gasteiger partial charge in [-0.05, 0) is 74.0 Å². The second kappa shape index (κ2) is 18.4. The third-order valence-corrected chi connectivity index (χ3v) is 5.77. The van der Waals surface area contributed by atoms with Crippen LogP contribution < -0.4 is 16.0 Å². The molecule has 3 atom stereocenters. The van der Waals surface area contributed by atoms with E-state index in [2.05, 4.69) is 20.9 Å². The van der Waals surface area contributed by atoms with E-state index in [-0.39, 0.29) is 37.2 Å². The van der Waals surface area contributed by atoms with Crippen molar-refractivity contribution in [2.45, 2.75) is 104 Å². The molecule has 0 aromatic heterocycles. The summed E-state index contributed by atoms with van der Waals surface area (Å²) >= 11 is 1.37. The molecule has 0 spiro atoms. The van der Waals surface area contributed by atoms with Crippen LogP contribution in [0.2, 0.25) is 0 Å². The lowest BCUT2D eigenvalue weighted by atomic mass is 9.94. The summed E-state index contributed by atoms with van der Waals surface area (Å²) in [7, 11) is 1.23. The second-order valence-electron chi connectivity index (χ2n) is 11.3. The van der Waals surface area contributed by atoms with Gasteiger partial charge in [-0.15, -0.1) is 0 Å². The maximum Gasteiger partial charge on any atom is 0.414 e. The van der Waals surface area contributed by atoms with E-state index in [0.29, 0.717) is 18.6 Å². The maximum absolute atomic E-state index is 13.0. The molecule has 0 aromatic carbocycles. The molecule has 2 unspecified atom stereocenters. The van der Waals surface area contributed by atoms with Crippen LogP contribution in [0.25, 0.3) is 0 Å². The van der Waals surface area contributed by atoms with Crippen LogP contribution in [0.3, 0.4) is 0 Å². The Morgan fingerprint density at radius 3 is 1.88 bits per heavy atom. The topological polar surface area (TPSA) is 171 Å². The number of nitrogens with one attached hydrogen (secondary N) is 3. The largest absolute Gasteiger partial charge is 0.469 e. The van der Waals surface area contributed by atoms with Gasteiger partial charge in [0.25, 0.3) is 0 Å². The number of hydrogen-bond donors (Lipinski definition) is 3. The number of hydrogen-bond acceptors (Lipinski definition) is 11. The van der Waals surface area contributed by atoms with Crippen molar-refractivity contribution in [3.8, 4) is 0 Å². The lowest BCUT2D eigenvalue weighted by molar-refractivity contribution is -0.147. The summed E-state index contributed by atoms with van der Waals surface area (Å²) in [4.78, 5) is 66.4. The Morgan fingerprint density at radius 1 is 0.902 bits per heavy atom. The summed E-state index contributed by atoms with van der Waals surface area (Å²) in [6.45, 7) is 13.8. The van der Waals surface area contributed by atoms with Crippen molar-refractivity contribution in [1.29, 1.82) is 0 Å². The number of thioether (sulfide) groups is 1. The van der Waals surface area contributed by atoms with Crippen LogP contribution in [-0.4, -0.2) is 85.0 Å². The van der Waals surface area contributed by atoms with E-state index >= 15 is 0 Å². The van der Waals surface area contributed by atoms with Gasteiger partial charge in [-0.1, -0.05) is 6.92 Å². The number of guanidine groups is 1. The summed E-state index contributed by atoms with van der Waals surface area (Å²) in [5.74, 6) is -1.59. The lowest BCUT2D eigenvalue weighted by Crippen LogP contribution is -2.47. The van der Waals surface area contributed by atoms with Crippen LogP contribution in [0.4, 0.5) is 14.4 Å². The number of carbonyl (C=O) groups is 5. The number of aliphatic imine (C=N–C) groups is 1. The summed E-state index contributed by atoms with van der Waals surface area (Å²) < 4.78 is 20.5. The van der Waals surface area contributed by atoms with Crippen LogP contribution in [0, 0.1) is 5.92 Å². The van der Waals surface area contributed by atoms with E-state index in [1.165, 1.54) is 18.9 Å². The third-order valence-electron chi connectivity index (χ3n) is 5.10. The van der Waals surface area contributed by atoms with Crippen molar-refractivity contribution in [2.75, 3.05) is 25.7 Å². The van der Waals surface area contributed by atoms with Crippen LogP contribution in [0.15, 0.2) is 4.99 Å². The molecule has 0 saturated heterocycles. The molecule has 0 aliphatic heterocycles. The molecular weight excluding hydrogens is 556 g/mol. The highest BCUT2D eigenvalue weighted by atomic mass is 32.2. The van der Waals surface area contributed by atoms with E-state index in [4.69, 9.17) is 18.9 Å². The Labute approximate surface area is 247 Å². The van der Waals surface area contributed by atoms with Crippen LogP contribution in [0.5, 0.6) is 0 Å². The molecule has 0 aliphatic carbocycles. The molecule has 3 amide bonds. The van der Waals surface area contributed by atoms with Crippen LogP contribution in [0.1, 0.15) is 81.1 Å². The zero-order valence-electron chi connectivity index (χ0n) is 26.0. The second-order valence-corrected chi connectivity index (χ2v) is 12.2. The van der Waals surface area contributed by atoms with Crippen LogP contribution >= 0.6 is 11.8 Å². The van der Waals surface area contributed by atoms with Gasteiger partial charge >= 0.3 is 24.2 Å². The molecule has 0 bridgehead atoms. The number of Topliss-reactive ketones (excluding diaryl/α,β-unsaturated/α-hetero) is 1. The molecule has 0 fully saturated rings. The van der Waals surface area contributed by atoms with Gasteiger partial charge in [-0.2, -0.15) is 11.8 Å². The predicted molar refractivity (Wildman–Crippen MR) is 157 cm³/mol. The Hall–Kier alpha value is -3.03. The minimum Gasteiger partial charge on any atom is -0.469 e. The number of ether oxygens (including phenoxy) is 4. The minimum absolute atomic E-state index is 0.0797. The number of amides is 3. The van der Waals surface area contributed by atoms with Crippen molar-refractivity contribution < 1.29 is 42.9 Å². The Kier molecular flexibility index (Phi) is 17.1. The lowest BCUT2D eigenvalue weighted by Gasteiger charge is -2.22. The Bertz CT molecular complexity index is 881. The number of carbonyl (C=O) groups excluding carboxylic acids is 5. The van der Waals surface area contributed by atoms with Gasteiger partial charge < -0.3 is 24.3 Å². The highest BCUT2D eigenvalue weighted by molar-refractivity contribution is 7.98. The highest BCUT2D eigenvalue weighted by Gasteiger charge is 2.28. The van der Waals surface area contributed by atoms with Crippen molar-refractivity contribution in [1.82, 2.24) is 16.0 Å². The van der Waals surface area contributed by atoms with Crippen molar-refractivity contribution >= 4 is 47.8 Å². The van der Waals surface area contributed by atoms with Crippen LogP contribution in [-0.2, 0) is 28.5 Å². The van der Waals surface area contributed by atoms with Gasteiger partial charge in [0.2, 0.25) is 5.96 Å². The fourth-order valence-electron chi connectivity index (χ4n) is 3.12. The zero-order chi connectivity index (χ0) is 31.8. The standard InChI is InChI=1S/C27H48N4O9S/c1-11-17(2)38-23(34)29-19(16-41-10)20(32)15-18(21(33)37-9)13-12-14-28-22(30-24(35)39-26(3,4)5)31-25(36)40-27(6,7)8/h17-19H,11-16H2,1-10H3,(H,29,34)(H2,28,30,31,35,36)/t17?,18?,19-/m0/s1. The molecule has 236 valence electrons. The highest BCUT2D eigenvalue weighted by Crippen LogP contribution is 2.17. The van der Waals surface area contributed by atoms with Gasteiger partial charge in [0.05, 0.1) is 19.1 Å². The summed E-state index contributed by atoms with van der Waals surface area (Å²) in [6, 6.07) is -0.839. The number of nitrogens with zero attached hydrogens (tertiary/aromatic N) is 1. The third kappa shape index (κ3) is 18.9. The number of alkyl carbamates (subject to hydrolysis) is 3. The van der Waals surface area contributed by atoms with Gasteiger partial charge in [-0.25, -0.2) is 14.4 Å². The number of esters is 1. The zero-order valence-corrected chi connectivity index (χ0v) is 26.8. The average molecular weight is 605 g/mol. The van der Waals surface area contributed by atoms with Crippen molar-refractivity contribution in [3.05, 3.63) is 0 Å². The van der Waals surface area contributed by atoms with E-state index < -0.39 is 47.4 Å². The molecule has 0 saturated carbocycles. The normalized spacial score (nSPS) is 13.5. The predicted octanol–water partition coefficient (Wildman–Crippen LogP) is 4.18. The molecule has 0 rings (SSSR count). The molecule has 0 radical (unpaired) electrons. The van der Waals surface area contributed by atoms with Gasteiger partial charge in [0.1, 0.15) is 17.3 Å². The van der Waals surface area contributed by atoms with Crippen molar-refractivity contribution in [2.24, 2.45) is 10.9 Å². The number of ketones is 1. The maximum atomic E-state index is 13.0. The van der Waals surface area contributed by atoms with Gasteiger partial charge in [0, 0.05) is 18.7 Å². The first-order valence-corrected chi connectivity index (χ1v) is 14.9. The van der Waals surface area contributed by atoms with Gasteiger partial charge in [0.15, 0.2) is 5.78 Å². The summed E-state index contributed by atoms with van der Waals surface area (Å²) in [5.41, 5.74) is -1.56. The molecule has 0 aromatic rings. The monoisotopic (exact) mass is 604 g/mol. The fraction of sp³-hybridized carbons (Fsp3) is 0.778. The first-order valence-electron chi connectivity index (χ1n) is 13.5. The van der Waals surface area contributed by atoms with Crippen molar-refractivity contribution in [3.63, 3.8) is 0 Å². The number of rotatable bonds is 13. The first kappa shape index (κ1) is 38.0.